The first-order valence-corrected chi connectivity index (χ1v) is 7.06. The summed E-state index contributed by atoms with van der Waals surface area (Å²) in [4.78, 5) is 12.0. The second-order valence-corrected chi connectivity index (χ2v) is 5.42. The van der Waals surface area contributed by atoms with Crippen LogP contribution in [0.1, 0.15) is 32.4 Å². The lowest BCUT2D eigenvalue weighted by atomic mass is 10.1. The summed E-state index contributed by atoms with van der Waals surface area (Å²) < 4.78 is 5.08. The average molecular weight is 304 g/mol. The Morgan fingerprint density at radius 3 is 2.63 bits per heavy atom. The van der Waals surface area contributed by atoms with Gasteiger partial charge in [-0.15, -0.1) is 0 Å². The number of carbonyl (C=O) groups excluding carboxylic acids is 1. The molecule has 0 amide bonds. The molecule has 1 aromatic carbocycles. The number of benzene rings is 1. The van der Waals surface area contributed by atoms with E-state index in [-0.39, 0.29) is 5.97 Å². The topological polar surface area (TPSA) is 38.3 Å². The van der Waals surface area contributed by atoms with Crippen molar-refractivity contribution in [2.24, 2.45) is 5.92 Å². The average Bonchev–Trinajstić information content (AvgIpc) is 2.34. The smallest absolute Gasteiger partial charge is 0.327 e. The SMILES string of the molecule is CCOC(=O)C(NCC(C)C)c1cccc(Cl)c1Cl. The Morgan fingerprint density at radius 1 is 1.37 bits per heavy atom. The summed E-state index contributed by atoms with van der Waals surface area (Å²) in [7, 11) is 0. The molecule has 0 aliphatic carbocycles. The third-order valence-electron chi connectivity index (χ3n) is 2.54. The van der Waals surface area contributed by atoms with Crippen molar-refractivity contribution in [2.75, 3.05) is 13.2 Å². The van der Waals surface area contributed by atoms with Crippen LogP contribution in [0.4, 0.5) is 0 Å². The monoisotopic (exact) mass is 303 g/mol. The Kier molecular flexibility index (Phi) is 6.63. The van der Waals surface area contributed by atoms with Gasteiger partial charge in [0.05, 0.1) is 16.7 Å². The first-order valence-electron chi connectivity index (χ1n) is 6.31. The molecule has 0 heterocycles. The van der Waals surface area contributed by atoms with Crippen LogP contribution in [0.2, 0.25) is 10.0 Å². The highest BCUT2D eigenvalue weighted by atomic mass is 35.5. The van der Waals surface area contributed by atoms with Crippen LogP contribution in [-0.4, -0.2) is 19.1 Å². The van der Waals surface area contributed by atoms with Crippen molar-refractivity contribution < 1.29 is 9.53 Å². The number of rotatable bonds is 6. The van der Waals surface area contributed by atoms with Crippen molar-refractivity contribution in [3.63, 3.8) is 0 Å². The van der Waals surface area contributed by atoms with Crippen LogP contribution in [0, 0.1) is 5.92 Å². The molecule has 19 heavy (non-hydrogen) atoms. The molecule has 0 radical (unpaired) electrons. The third-order valence-corrected chi connectivity index (χ3v) is 3.38. The quantitative estimate of drug-likeness (QED) is 0.811. The molecular weight excluding hydrogens is 285 g/mol. The van der Waals surface area contributed by atoms with Gasteiger partial charge in [-0.2, -0.15) is 0 Å². The van der Waals surface area contributed by atoms with Crippen LogP contribution < -0.4 is 5.32 Å². The van der Waals surface area contributed by atoms with Crippen LogP contribution in [0.15, 0.2) is 18.2 Å². The van der Waals surface area contributed by atoms with E-state index in [1.54, 1.807) is 25.1 Å². The van der Waals surface area contributed by atoms with Crippen LogP contribution in [0.25, 0.3) is 0 Å². The van der Waals surface area contributed by atoms with Gasteiger partial charge in [0.15, 0.2) is 0 Å². The number of nitrogens with one attached hydrogen (secondary N) is 1. The highest BCUT2D eigenvalue weighted by Gasteiger charge is 2.24. The zero-order chi connectivity index (χ0) is 14.4. The fourth-order valence-corrected chi connectivity index (χ4v) is 2.06. The van der Waals surface area contributed by atoms with Gasteiger partial charge in [0.25, 0.3) is 0 Å². The molecule has 0 aliphatic heterocycles. The highest BCUT2D eigenvalue weighted by molar-refractivity contribution is 6.42. The predicted octanol–water partition coefficient (Wildman–Crippen LogP) is 3.84. The van der Waals surface area contributed by atoms with Gasteiger partial charge in [0.2, 0.25) is 0 Å². The van der Waals surface area contributed by atoms with Crippen molar-refractivity contribution in [3.05, 3.63) is 33.8 Å². The summed E-state index contributed by atoms with van der Waals surface area (Å²) in [5, 5.41) is 3.99. The fraction of sp³-hybridized carbons (Fsp3) is 0.500. The van der Waals surface area contributed by atoms with Crippen molar-refractivity contribution in [2.45, 2.75) is 26.8 Å². The molecule has 0 saturated carbocycles. The van der Waals surface area contributed by atoms with E-state index >= 15 is 0 Å². The summed E-state index contributed by atoms with van der Waals surface area (Å²) in [6, 6.07) is 4.65. The highest BCUT2D eigenvalue weighted by Crippen LogP contribution is 2.30. The van der Waals surface area contributed by atoms with Gasteiger partial charge in [0, 0.05) is 5.56 Å². The maximum Gasteiger partial charge on any atom is 0.327 e. The molecular formula is C14H19Cl2NO2. The number of hydrogen-bond acceptors (Lipinski definition) is 3. The molecule has 1 aromatic rings. The molecule has 1 unspecified atom stereocenters. The number of carbonyl (C=O) groups is 1. The largest absolute Gasteiger partial charge is 0.465 e. The minimum Gasteiger partial charge on any atom is -0.465 e. The van der Waals surface area contributed by atoms with E-state index in [1.165, 1.54) is 0 Å². The number of halogens is 2. The van der Waals surface area contributed by atoms with E-state index in [4.69, 9.17) is 27.9 Å². The molecule has 0 aromatic heterocycles. The molecule has 0 saturated heterocycles. The zero-order valence-electron chi connectivity index (χ0n) is 11.4. The molecule has 0 aliphatic rings. The lowest BCUT2D eigenvalue weighted by Gasteiger charge is -2.20. The number of hydrogen-bond donors (Lipinski definition) is 1. The minimum absolute atomic E-state index is 0.330. The van der Waals surface area contributed by atoms with Gasteiger partial charge in [-0.3, -0.25) is 0 Å². The molecule has 0 spiro atoms. The second-order valence-electron chi connectivity index (χ2n) is 4.63. The Bertz CT molecular complexity index is 435. The fourth-order valence-electron chi connectivity index (χ4n) is 1.64. The normalized spacial score (nSPS) is 12.5. The molecule has 1 rings (SSSR count). The van der Waals surface area contributed by atoms with Gasteiger partial charge in [0.1, 0.15) is 6.04 Å². The predicted molar refractivity (Wildman–Crippen MR) is 78.7 cm³/mol. The first-order chi connectivity index (χ1) is 8.97. The summed E-state index contributed by atoms with van der Waals surface area (Å²) >= 11 is 12.2. The standard InChI is InChI=1S/C14H19Cl2NO2/c1-4-19-14(18)13(17-8-9(2)3)10-6-5-7-11(15)12(10)16/h5-7,9,13,17H,4,8H2,1-3H3. The molecule has 5 heteroatoms. The van der Waals surface area contributed by atoms with Crippen LogP contribution in [0.3, 0.4) is 0 Å². The van der Waals surface area contributed by atoms with Gasteiger partial charge in [-0.05, 0) is 25.5 Å². The maximum atomic E-state index is 12.0. The van der Waals surface area contributed by atoms with Crippen LogP contribution in [0.5, 0.6) is 0 Å². The lowest BCUT2D eigenvalue weighted by Crippen LogP contribution is -2.33. The second kappa shape index (κ2) is 7.73. The van der Waals surface area contributed by atoms with Crippen LogP contribution in [-0.2, 0) is 9.53 Å². The first kappa shape index (κ1) is 16.3. The van der Waals surface area contributed by atoms with E-state index in [2.05, 4.69) is 19.2 Å². The minimum atomic E-state index is -0.589. The molecule has 1 atom stereocenters. The Balaban J connectivity index is 3.00. The van der Waals surface area contributed by atoms with Gasteiger partial charge in [-0.25, -0.2) is 4.79 Å². The molecule has 3 nitrogen and oxygen atoms in total. The molecule has 1 N–H and O–H groups in total. The van der Waals surface area contributed by atoms with Gasteiger partial charge < -0.3 is 10.1 Å². The van der Waals surface area contributed by atoms with E-state index in [0.29, 0.717) is 34.7 Å². The summed E-state index contributed by atoms with van der Waals surface area (Å²) in [5.74, 6) is 0.0715. The molecule has 0 bridgehead atoms. The van der Waals surface area contributed by atoms with Gasteiger partial charge in [-0.1, -0.05) is 49.2 Å². The summed E-state index contributed by atoms with van der Waals surface area (Å²) in [6.07, 6.45) is 0. The summed E-state index contributed by atoms with van der Waals surface area (Å²) in [5.41, 5.74) is 0.647. The van der Waals surface area contributed by atoms with Crippen LogP contribution >= 0.6 is 23.2 Å². The zero-order valence-corrected chi connectivity index (χ0v) is 12.9. The number of ether oxygens (including phenoxy) is 1. The van der Waals surface area contributed by atoms with E-state index in [0.717, 1.165) is 0 Å². The Hall–Kier alpha value is -0.770. The maximum absolute atomic E-state index is 12.0. The Labute approximate surface area is 124 Å². The third kappa shape index (κ3) is 4.68. The van der Waals surface area contributed by atoms with Crippen molar-refractivity contribution >= 4 is 29.2 Å². The van der Waals surface area contributed by atoms with Crippen molar-refractivity contribution in [1.29, 1.82) is 0 Å². The summed E-state index contributed by atoms with van der Waals surface area (Å²) in [6.45, 7) is 6.92. The molecule has 0 fully saturated rings. The van der Waals surface area contributed by atoms with Crippen molar-refractivity contribution in [1.82, 2.24) is 5.32 Å². The Morgan fingerprint density at radius 2 is 2.05 bits per heavy atom. The molecule has 106 valence electrons. The van der Waals surface area contributed by atoms with Crippen molar-refractivity contribution in [3.8, 4) is 0 Å². The number of esters is 1. The van der Waals surface area contributed by atoms with E-state index in [9.17, 15) is 4.79 Å². The van der Waals surface area contributed by atoms with Gasteiger partial charge >= 0.3 is 5.97 Å². The van der Waals surface area contributed by atoms with E-state index < -0.39 is 6.04 Å². The van der Waals surface area contributed by atoms with E-state index in [1.807, 2.05) is 0 Å². The lowest BCUT2D eigenvalue weighted by molar-refractivity contribution is -0.145.